The fourth-order valence-electron chi connectivity index (χ4n) is 2.95. The molecular formula is C14H16Cl2N2O. The summed E-state index contributed by atoms with van der Waals surface area (Å²) in [5, 5.41) is 0.575. The third-order valence-corrected chi connectivity index (χ3v) is 4.93. The summed E-state index contributed by atoms with van der Waals surface area (Å²) in [6, 6.07) is 1.61. The lowest BCUT2D eigenvalue weighted by molar-refractivity contribution is 0.00365. The summed E-state index contributed by atoms with van der Waals surface area (Å²) in [7, 11) is 0. The van der Waals surface area contributed by atoms with Crippen molar-refractivity contribution in [1.29, 1.82) is 0 Å². The molecule has 3 rings (SSSR count). The number of amides is 1. The quantitative estimate of drug-likeness (QED) is 0.782. The van der Waals surface area contributed by atoms with Crippen LogP contribution in [0.3, 0.4) is 0 Å². The van der Waals surface area contributed by atoms with Crippen molar-refractivity contribution < 1.29 is 4.79 Å². The van der Waals surface area contributed by atoms with Crippen molar-refractivity contribution in [3.8, 4) is 0 Å². The predicted octanol–water partition coefficient (Wildman–Crippen LogP) is 3.57. The van der Waals surface area contributed by atoms with E-state index in [-0.39, 0.29) is 11.1 Å². The third kappa shape index (κ3) is 2.23. The second kappa shape index (κ2) is 4.35. The van der Waals surface area contributed by atoms with Crippen LogP contribution in [0.5, 0.6) is 0 Å². The minimum absolute atomic E-state index is 0.0156. The Morgan fingerprint density at radius 1 is 1.42 bits per heavy atom. The van der Waals surface area contributed by atoms with Gasteiger partial charge in [-0.1, -0.05) is 30.1 Å². The van der Waals surface area contributed by atoms with Crippen LogP contribution < -0.4 is 0 Å². The lowest BCUT2D eigenvalue weighted by Crippen LogP contribution is -2.58. The molecule has 0 unspecified atom stereocenters. The van der Waals surface area contributed by atoms with E-state index in [4.69, 9.17) is 23.2 Å². The standard InChI is InChI=1S/C14H16Cl2N2O/c1-8-10(5-11(15)17-12(8)16)13(19)18-6-14(2,7-18)9-3-4-9/h5,9H,3-4,6-7H2,1-2H3. The minimum Gasteiger partial charge on any atom is -0.337 e. The van der Waals surface area contributed by atoms with Crippen molar-refractivity contribution in [1.82, 2.24) is 9.88 Å². The maximum Gasteiger partial charge on any atom is 0.254 e. The Morgan fingerprint density at radius 2 is 2.05 bits per heavy atom. The van der Waals surface area contributed by atoms with Crippen molar-refractivity contribution in [2.24, 2.45) is 11.3 Å². The molecule has 5 heteroatoms. The van der Waals surface area contributed by atoms with Gasteiger partial charge in [-0.3, -0.25) is 4.79 Å². The zero-order valence-corrected chi connectivity index (χ0v) is 12.6. The van der Waals surface area contributed by atoms with E-state index in [0.29, 0.717) is 21.7 Å². The Morgan fingerprint density at radius 3 is 2.63 bits per heavy atom. The highest BCUT2D eigenvalue weighted by molar-refractivity contribution is 6.33. The van der Waals surface area contributed by atoms with E-state index in [9.17, 15) is 4.79 Å². The maximum atomic E-state index is 12.5. The first kappa shape index (κ1) is 13.2. The first-order valence-corrected chi connectivity index (χ1v) is 7.28. The van der Waals surface area contributed by atoms with Gasteiger partial charge < -0.3 is 4.90 Å². The van der Waals surface area contributed by atoms with Crippen LogP contribution >= 0.6 is 23.2 Å². The van der Waals surface area contributed by atoms with Crippen LogP contribution in [0, 0.1) is 18.3 Å². The molecule has 1 aliphatic carbocycles. The van der Waals surface area contributed by atoms with Crippen LogP contribution in [0.15, 0.2) is 6.07 Å². The van der Waals surface area contributed by atoms with E-state index < -0.39 is 0 Å². The number of carbonyl (C=O) groups excluding carboxylic acids is 1. The van der Waals surface area contributed by atoms with Crippen molar-refractivity contribution >= 4 is 29.1 Å². The molecule has 0 bridgehead atoms. The Kier molecular flexibility index (Phi) is 3.02. The Hall–Kier alpha value is -0.800. The van der Waals surface area contributed by atoms with Crippen molar-refractivity contribution in [3.63, 3.8) is 0 Å². The zero-order chi connectivity index (χ0) is 13.8. The van der Waals surface area contributed by atoms with Gasteiger partial charge in [0.2, 0.25) is 0 Å². The largest absolute Gasteiger partial charge is 0.337 e. The first-order chi connectivity index (χ1) is 8.90. The monoisotopic (exact) mass is 298 g/mol. The number of pyridine rings is 1. The van der Waals surface area contributed by atoms with Gasteiger partial charge in [0.1, 0.15) is 10.3 Å². The number of hydrogen-bond donors (Lipinski definition) is 0. The average Bonchev–Trinajstić information content (AvgIpc) is 3.13. The SMILES string of the molecule is Cc1c(C(=O)N2CC(C)(C3CC3)C2)cc(Cl)nc1Cl. The summed E-state index contributed by atoms with van der Waals surface area (Å²) < 4.78 is 0. The van der Waals surface area contributed by atoms with Crippen LogP contribution in [0.1, 0.15) is 35.7 Å². The molecule has 0 atom stereocenters. The highest BCUT2D eigenvalue weighted by Gasteiger charge is 2.51. The molecule has 0 radical (unpaired) electrons. The molecule has 1 saturated heterocycles. The molecule has 19 heavy (non-hydrogen) atoms. The van der Waals surface area contributed by atoms with Gasteiger partial charge in [-0.05, 0) is 37.3 Å². The third-order valence-electron chi connectivity index (χ3n) is 4.37. The number of rotatable bonds is 2. The molecular weight excluding hydrogens is 283 g/mol. The van der Waals surface area contributed by atoms with Gasteiger partial charge >= 0.3 is 0 Å². The number of hydrogen-bond acceptors (Lipinski definition) is 2. The average molecular weight is 299 g/mol. The second-order valence-electron chi connectivity index (χ2n) is 6.00. The second-order valence-corrected chi connectivity index (χ2v) is 6.74. The van der Waals surface area contributed by atoms with Crippen LogP contribution in [-0.2, 0) is 0 Å². The van der Waals surface area contributed by atoms with Gasteiger partial charge in [0.05, 0.1) is 0 Å². The van der Waals surface area contributed by atoms with E-state index >= 15 is 0 Å². The summed E-state index contributed by atoms with van der Waals surface area (Å²) in [6.45, 7) is 5.76. The molecule has 3 nitrogen and oxygen atoms in total. The smallest absolute Gasteiger partial charge is 0.254 e. The molecule has 102 valence electrons. The molecule has 0 N–H and O–H groups in total. The zero-order valence-electron chi connectivity index (χ0n) is 11.0. The molecule has 1 aromatic rings. The summed E-state index contributed by atoms with van der Waals surface area (Å²) in [6.07, 6.45) is 2.62. The predicted molar refractivity (Wildman–Crippen MR) is 75.7 cm³/mol. The van der Waals surface area contributed by atoms with Crippen LogP contribution in [0.25, 0.3) is 0 Å². The van der Waals surface area contributed by atoms with E-state index in [1.807, 2.05) is 4.90 Å². The van der Waals surface area contributed by atoms with E-state index in [0.717, 1.165) is 19.0 Å². The molecule has 2 heterocycles. The van der Waals surface area contributed by atoms with Gasteiger partial charge in [0.15, 0.2) is 0 Å². The minimum atomic E-state index is 0.0156. The molecule has 0 aromatic carbocycles. The molecule has 0 spiro atoms. The molecule has 1 aliphatic heterocycles. The van der Waals surface area contributed by atoms with Crippen LogP contribution in [-0.4, -0.2) is 28.9 Å². The lowest BCUT2D eigenvalue weighted by Gasteiger charge is -2.48. The topological polar surface area (TPSA) is 33.2 Å². The molecule has 1 amide bonds. The van der Waals surface area contributed by atoms with E-state index in [1.165, 1.54) is 12.8 Å². The Balaban J connectivity index is 1.78. The van der Waals surface area contributed by atoms with Gasteiger partial charge in [0.25, 0.3) is 5.91 Å². The Bertz CT molecular complexity index is 549. The molecule has 1 aromatic heterocycles. The lowest BCUT2D eigenvalue weighted by atomic mass is 9.77. The van der Waals surface area contributed by atoms with Crippen molar-refractivity contribution in [2.45, 2.75) is 26.7 Å². The van der Waals surface area contributed by atoms with Crippen LogP contribution in [0.4, 0.5) is 0 Å². The van der Waals surface area contributed by atoms with E-state index in [1.54, 1.807) is 13.0 Å². The summed E-state index contributed by atoms with van der Waals surface area (Å²) in [5.74, 6) is 0.823. The molecule has 2 aliphatic rings. The van der Waals surface area contributed by atoms with Crippen LogP contribution in [0.2, 0.25) is 10.3 Å². The normalized spacial score (nSPS) is 21.2. The van der Waals surface area contributed by atoms with Gasteiger partial charge in [-0.15, -0.1) is 0 Å². The van der Waals surface area contributed by atoms with Gasteiger partial charge in [-0.2, -0.15) is 0 Å². The summed E-state index contributed by atoms with van der Waals surface area (Å²) in [5.41, 5.74) is 1.60. The van der Waals surface area contributed by atoms with Crippen molar-refractivity contribution in [2.75, 3.05) is 13.1 Å². The number of carbonyl (C=O) groups is 1. The molecule has 1 saturated carbocycles. The number of likely N-dealkylation sites (tertiary alicyclic amines) is 1. The fraction of sp³-hybridized carbons (Fsp3) is 0.571. The summed E-state index contributed by atoms with van der Waals surface area (Å²) >= 11 is 11.9. The fourth-order valence-corrected chi connectivity index (χ4v) is 3.38. The number of nitrogens with zero attached hydrogens (tertiary/aromatic N) is 2. The number of halogens is 2. The molecule has 2 fully saturated rings. The Labute approximate surface area is 122 Å². The van der Waals surface area contributed by atoms with Gasteiger partial charge in [0, 0.05) is 24.1 Å². The highest BCUT2D eigenvalue weighted by atomic mass is 35.5. The van der Waals surface area contributed by atoms with Gasteiger partial charge in [-0.25, -0.2) is 4.98 Å². The maximum absolute atomic E-state index is 12.5. The highest BCUT2D eigenvalue weighted by Crippen LogP contribution is 2.50. The van der Waals surface area contributed by atoms with Crippen molar-refractivity contribution in [3.05, 3.63) is 27.5 Å². The first-order valence-electron chi connectivity index (χ1n) is 6.52. The number of aromatic nitrogens is 1. The summed E-state index contributed by atoms with van der Waals surface area (Å²) in [4.78, 5) is 18.3. The van der Waals surface area contributed by atoms with E-state index in [2.05, 4.69) is 11.9 Å².